The van der Waals surface area contributed by atoms with Crippen LogP contribution in [0.2, 0.25) is 0 Å². The summed E-state index contributed by atoms with van der Waals surface area (Å²) in [4.78, 5) is 27.0. The Hall–Kier alpha value is -3.74. The molecule has 0 bridgehead atoms. The summed E-state index contributed by atoms with van der Waals surface area (Å²) < 4.78 is 5.57. The molecular formula is C24H25N3O4. The van der Waals surface area contributed by atoms with E-state index >= 15 is 0 Å². The number of carbonyl (C=O) groups excluding carboxylic acids is 1. The fourth-order valence-electron chi connectivity index (χ4n) is 3.27. The van der Waals surface area contributed by atoms with Crippen LogP contribution in [-0.4, -0.2) is 28.5 Å². The van der Waals surface area contributed by atoms with Crippen molar-refractivity contribution in [2.75, 3.05) is 11.9 Å². The van der Waals surface area contributed by atoms with E-state index in [1.54, 1.807) is 6.07 Å². The normalized spacial score (nSPS) is 11.7. The topological polar surface area (TPSA) is 94.4 Å². The highest BCUT2D eigenvalue weighted by molar-refractivity contribution is 5.71. The maximum absolute atomic E-state index is 12.7. The van der Waals surface area contributed by atoms with Crippen LogP contribution in [0.15, 0.2) is 79.0 Å². The number of hydrogen-bond acceptors (Lipinski definition) is 6. The van der Waals surface area contributed by atoms with E-state index in [0.717, 1.165) is 11.1 Å². The van der Waals surface area contributed by atoms with E-state index in [1.165, 1.54) is 12.3 Å². The Morgan fingerprint density at radius 2 is 1.65 bits per heavy atom. The number of aromatic nitrogens is 1. The summed E-state index contributed by atoms with van der Waals surface area (Å²) in [6.45, 7) is 2.15. The molecule has 1 N–H and O–H groups in total. The summed E-state index contributed by atoms with van der Waals surface area (Å²) in [7, 11) is 0. The van der Waals surface area contributed by atoms with Gasteiger partial charge in [-0.25, -0.2) is 4.98 Å². The maximum atomic E-state index is 12.7. The number of anilines is 1. The van der Waals surface area contributed by atoms with Gasteiger partial charge in [0.1, 0.15) is 18.6 Å². The molecule has 1 unspecified atom stereocenters. The number of benzene rings is 2. The second-order valence-electron chi connectivity index (χ2n) is 7.17. The van der Waals surface area contributed by atoms with Crippen molar-refractivity contribution in [1.29, 1.82) is 0 Å². The molecule has 2 aromatic carbocycles. The van der Waals surface area contributed by atoms with Gasteiger partial charge in [-0.15, -0.1) is 0 Å². The second-order valence-corrected chi connectivity index (χ2v) is 7.17. The molecule has 160 valence electrons. The van der Waals surface area contributed by atoms with Crippen molar-refractivity contribution < 1.29 is 14.5 Å². The van der Waals surface area contributed by atoms with Crippen LogP contribution in [0, 0.1) is 10.1 Å². The van der Waals surface area contributed by atoms with Gasteiger partial charge in [-0.05, 0) is 23.6 Å². The van der Waals surface area contributed by atoms with Crippen LogP contribution in [0.4, 0.5) is 11.5 Å². The molecule has 0 radical (unpaired) electrons. The molecule has 0 spiro atoms. The first-order valence-corrected chi connectivity index (χ1v) is 10.2. The van der Waals surface area contributed by atoms with Crippen LogP contribution >= 0.6 is 0 Å². The third kappa shape index (κ3) is 6.37. The first-order valence-electron chi connectivity index (χ1n) is 10.2. The quantitative estimate of drug-likeness (QED) is 0.284. The van der Waals surface area contributed by atoms with Crippen LogP contribution in [0.25, 0.3) is 0 Å². The third-order valence-electron chi connectivity index (χ3n) is 5.02. The molecule has 0 aliphatic rings. The van der Waals surface area contributed by atoms with E-state index in [0.29, 0.717) is 12.2 Å². The Morgan fingerprint density at radius 1 is 1.03 bits per heavy atom. The maximum Gasteiger partial charge on any atom is 0.306 e. The first-order chi connectivity index (χ1) is 15.1. The Morgan fingerprint density at radius 3 is 2.13 bits per heavy atom. The van der Waals surface area contributed by atoms with Gasteiger partial charge in [0.25, 0.3) is 5.69 Å². The van der Waals surface area contributed by atoms with Gasteiger partial charge in [0, 0.05) is 12.0 Å². The van der Waals surface area contributed by atoms with Gasteiger partial charge in [0.05, 0.1) is 17.4 Å². The zero-order chi connectivity index (χ0) is 22.1. The molecule has 0 aliphatic heterocycles. The predicted molar refractivity (Wildman–Crippen MR) is 119 cm³/mol. The molecule has 0 amide bonds. The van der Waals surface area contributed by atoms with E-state index in [-0.39, 0.29) is 36.6 Å². The van der Waals surface area contributed by atoms with Crippen molar-refractivity contribution in [3.8, 4) is 0 Å². The van der Waals surface area contributed by atoms with Crippen molar-refractivity contribution >= 4 is 17.5 Å². The lowest BCUT2D eigenvalue weighted by Gasteiger charge is -2.20. The van der Waals surface area contributed by atoms with Crippen LogP contribution < -0.4 is 5.32 Å². The highest BCUT2D eigenvalue weighted by atomic mass is 16.6. The van der Waals surface area contributed by atoms with E-state index in [1.807, 2.05) is 67.6 Å². The molecule has 7 nitrogen and oxygen atoms in total. The van der Waals surface area contributed by atoms with E-state index in [4.69, 9.17) is 4.74 Å². The molecule has 3 rings (SSSR count). The smallest absolute Gasteiger partial charge is 0.306 e. The summed E-state index contributed by atoms with van der Waals surface area (Å²) in [5, 5.41) is 13.9. The largest absolute Gasteiger partial charge is 0.463 e. The number of hydrogen-bond donors (Lipinski definition) is 1. The summed E-state index contributed by atoms with van der Waals surface area (Å²) in [5.74, 6) is 0.133. The number of esters is 1. The first kappa shape index (κ1) is 22.0. The molecule has 31 heavy (non-hydrogen) atoms. The molecule has 0 saturated heterocycles. The van der Waals surface area contributed by atoms with Gasteiger partial charge in [0.2, 0.25) is 0 Å². The SMILES string of the molecule is CCC(COC(=O)CC(c1ccccc1)c1ccccc1)Nc1ccc([N+](=O)[O-])cn1. The Balaban J connectivity index is 1.60. The van der Waals surface area contributed by atoms with Crippen LogP contribution in [0.3, 0.4) is 0 Å². The molecule has 3 aromatic rings. The minimum absolute atomic E-state index is 0.0714. The summed E-state index contributed by atoms with van der Waals surface area (Å²) in [6, 6.07) is 22.6. The van der Waals surface area contributed by atoms with Crippen LogP contribution in [0.5, 0.6) is 0 Å². The highest BCUT2D eigenvalue weighted by Crippen LogP contribution is 2.28. The molecule has 0 fully saturated rings. The van der Waals surface area contributed by atoms with Gasteiger partial charge in [-0.3, -0.25) is 14.9 Å². The molecule has 0 aliphatic carbocycles. The Kier molecular flexibility index (Phi) is 7.70. The number of nitro groups is 1. The van der Waals surface area contributed by atoms with Gasteiger partial charge in [-0.2, -0.15) is 0 Å². The van der Waals surface area contributed by atoms with E-state index in [9.17, 15) is 14.9 Å². The fraction of sp³-hybridized carbons (Fsp3) is 0.250. The standard InChI is InChI=1S/C24H25N3O4/c1-2-20(26-23-14-13-21(16-25-23)27(29)30)17-31-24(28)15-22(18-9-5-3-6-10-18)19-11-7-4-8-12-19/h3-14,16,20,22H,2,15,17H2,1H3,(H,25,26). The molecule has 1 heterocycles. The minimum atomic E-state index is -0.494. The van der Waals surface area contributed by atoms with E-state index in [2.05, 4.69) is 10.3 Å². The fourth-order valence-corrected chi connectivity index (χ4v) is 3.27. The summed E-state index contributed by atoms with van der Waals surface area (Å²) in [5.41, 5.74) is 2.05. The number of pyridine rings is 1. The molecule has 1 atom stereocenters. The number of ether oxygens (including phenoxy) is 1. The highest BCUT2D eigenvalue weighted by Gasteiger charge is 2.20. The molecule has 7 heteroatoms. The number of carbonyl (C=O) groups is 1. The van der Waals surface area contributed by atoms with Gasteiger partial charge in [-0.1, -0.05) is 67.6 Å². The number of nitrogens with zero attached hydrogens (tertiary/aromatic N) is 2. The predicted octanol–water partition coefficient (Wildman–Crippen LogP) is 4.95. The van der Waals surface area contributed by atoms with Crippen molar-refractivity contribution in [2.45, 2.75) is 31.7 Å². The van der Waals surface area contributed by atoms with Gasteiger partial charge < -0.3 is 10.1 Å². The van der Waals surface area contributed by atoms with Gasteiger partial charge >= 0.3 is 5.97 Å². The van der Waals surface area contributed by atoms with Crippen LogP contribution in [0.1, 0.15) is 36.8 Å². The molecule has 0 saturated carbocycles. The lowest BCUT2D eigenvalue weighted by atomic mass is 9.89. The Labute approximate surface area is 181 Å². The van der Waals surface area contributed by atoms with Crippen molar-refractivity contribution in [3.63, 3.8) is 0 Å². The van der Waals surface area contributed by atoms with Crippen LogP contribution in [-0.2, 0) is 9.53 Å². The zero-order valence-electron chi connectivity index (χ0n) is 17.3. The van der Waals surface area contributed by atoms with Gasteiger partial charge in [0.15, 0.2) is 0 Å². The number of nitrogens with one attached hydrogen (secondary N) is 1. The second kappa shape index (κ2) is 10.9. The molecule has 1 aromatic heterocycles. The Bertz CT molecular complexity index is 939. The van der Waals surface area contributed by atoms with Crippen molar-refractivity contribution in [1.82, 2.24) is 4.98 Å². The summed E-state index contributed by atoms with van der Waals surface area (Å²) in [6.07, 6.45) is 2.14. The minimum Gasteiger partial charge on any atom is -0.463 e. The summed E-state index contributed by atoms with van der Waals surface area (Å²) >= 11 is 0. The van der Waals surface area contributed by atoms with Crippen molar-refractivity contribution in [2.24, 2.45) is 0 Å². The monoisotopic (exact) mass is 419 g/mol. The van der Waals surface area contributed by atoms with E-state index < -0.39 is 4.92 Å². The lowest BCUT2D eigenvalue weighted by molar-refractivity contribution is -0.385. The molecular weight excluding hydrogens is 394 g/mol. The van der Waals surface area contributed by atoms with Crippen molar-refractivity contribution in [3.05, 3.63) is 100 Å². The lowest BCUT2D eigenvalue weighted by Crippen LogP contribution is -2.27. The average Bonchev–Trinajstić information content (AvgIpc) is 2.81. The average molecular weight is 419 g/mol. The zero-order valence-corrected chi connectivity index (χ0v) is 17.3. The third-order valence-corrected chi connectivity index (χ3v) is 5.02. The number of rotatable bonds is 10.